The van der Waals surface area contributed by atoms with Crippen LogP contribution in [0, 0.1) is 0 Å². The van der Waals surface area contributed by atoms with Gasteiger partial charge in [-0.15, -0.1) is 0 Å². The number of hydrogen-bond acceptors (Lipinski definition) is 2. The molecule has 0 saturated heterocycles. The lowest BCUT2D eigenvalue weighted by molar-refractivity contribution is 0.820. The van der Waals surface area contributed by atoms with Crippen LogP contribution in [0.1, 0.15) is 24.6 Å². The third kappa shape index (κ3) is 0.937. The number of H-pyrrole nitrogens is 1. The second kappa shape index (κ2) is 2.47. The third-order valence-corrected chi connectivity index (χ3v) is 2.79. The van der Waals surface area contributed by atoms with Gasteiger partial charge in [0.25, 0.3) is 5.56 Å². The predicted molar refractivity (Wildman–Crippen MR) is 53.3 cm³/mol. The molecule has 2 aromatic rings. The Labute approximate surface area is 80.6 Å². The van der Waals surface area contributed by atoms with E-state index in [-0.39, 0.29) is 5.56 Å². The molecule has 1 aliphatic rings. The molecule has 1 N–H and O–H groups in total. The molecule has 4 heteroatoms. The summed E-state index contributed by atoms with van der Waals surface area (Å²) in [7, 11) is 1.97. The van der Waals surface area contributed by atoms with E-state index in [1.54, 1.807) is 6.20 Å². The van der Waals surface area contributed by atoms with E-state index in [1.165, 1.54) is 12.8 Å². The number of imidazole rings is 1. The van der Waals surface area contributed by atoms with Gasteiger partial charge in [-0.2, -0.15) is 0 Å². The van der Waals surface area contributed by atoms with Crippen molar-refractivity contribution in [3.63, 3.8) is 0 Å². The second-order valence-corrected chi connectivity index (χ2v) is 3.84. The first-order valence-electron chi connectivity index (χ1n) is 4.81. The van der Waals surface area contributed by atoms with Crippen LogP contribution in [-0.4, -0.2) is 14.5 Å². The second-order valence-electron chi connectivity index (χ2n) is 3.84. The minimum atomic E-state index is -0.0926. The number of aromatic amines is 1. The third-order valence-electron chi connectivity index (χ3n) is 2.79. The number of aromatic nitrogens is 3. The molecule has 4 nitrogen and oxygen atoms in total. The van der Waals surface area contributed by atoms with Gasteiger partial charge in [0, 0.05) is 19.2 Å². The van der Waals surface area contributed by atoms with E-state index in [0.29, 0.717) is 11.4 Å². The normalized spacial score (nSPS) is 16.4. The van der Waals surface area contributed by atoms with Gasteiger partial charge in [0.1, 0.15) is 5.82 Å². The molecule has 0 aliphatic heterocycles. The molecular weight excluding hydrogens is 178 g/mol. The molecule has 0 amide bonds. The van der Waals surface area contributed by atoms with Crippen LogP contribution in [0.3, 0.4) is 0 Å². The van der Waals surface area contributed by atoms with E-state index in [1.807, 2.05) is 17.7 Å². The van der Waals surface area contributed by atoms with Gasteiger partial charge in [0.15, 0.2) is 5.52 Å². The molecule has 0 spiro atoms. The average molecular weight is 189 g/mol. The quantitative estimate of drug-likeness (QED) is 0.731. The summed E-state index contributed by atoms with van der Waals surface area (Å²) in [6.45, 7) is 0. The number of nitrogens with one attached hydrogen (secondary N) is 1. The van der Waals surface area contributed by atoms with Crippen molar-refractivity contribution in [3.8, 4) is 0 Å². The summed E-state index contributed by atoms with van der Waals surface area (Å²) in [5, 5.41) is 0. The largest absolute Gasteiger partial charge is 0.331 e. The summed E-state index contributed by atoms with van der Waals surface area (Å²) in [5.74, 6) is 1.63. The molecule has 2 heterocycles. The molecule has 1 fully saturated rings. The zero-order valence-electron chi connectivity index (χ0n) is 7.95. The van der Waals surface area contributed by atoms with Crippen LogP contribution in [-0.2, 0) is 7.05 Å². The summed E-state index contributed by atoms with van der Waals surface area (Å²) >= 11 is 0. The molecule has 2 aromatic heterocycles. The SMILES string of the molecule is Cn1c(C2CC2)nc2c(=O)[nH]ccc21. The highest BCUT2D eigenvalue weighted by Crippen LogP contribution is 2.39. The minimum Gasteiger partial charge on any atom is -0.331 e. The molecule has 1 aliphatic carbocycles. The fourth-order valence-corrected chi connectivity index (χ4v) is 1.86. The maximum Gasteiger partial charge on any atom is 0.276 e. The predicted octanol–water partition coefficient (Wildman–Crippen LogP) is 1.14. The number of hydrogen-bond donors (Lipinski definition) is 1. The first-order valence-corrected chi connectivity index (χ1v) is 4.81. The van der Waals surface area contributed by atoms with Gasteiger partial charge >= 0.3 is 0 Å². The highest BCUT2D eigenvalue weighted by atomic mass is 16.1. The van der Waals surface area contributed by atoms with E-state index in [4.69, 9.17) is 0 Å². The lowest BCUT2D eigenvalue weighted by atomic mass is 10.4. The van der Waals surface area contributed by atoms with Crippen molar-refractivity contribution < 1.29 is 0 Å². The first-order chi connectivity index (χ1) is 6.77. The lowest BCUT2D eigenvalue weighted by Crippen LogP contribution is -2.04. The molecule has 0 atom stereocenters. The smallest absolute Gasteiger partial charge is 0.276 e. The molecule has 0 unspecified atom stereocenters. The van der Waals surface area contributed by atoms with Gasteiger partial charge in [0.05, 0.1) is 5.52 Å². The number of nitrogens with zero attached hydrogens (tertiary/aromatic N) is 2. The van der Waals surface area contributed by atoms with Crippen molar-refractivity contribution in [2.75, 3.05) is 0 Å². The van der Waals surface area contributed by atoms with E-state index in [2.05, 4.69) is 9.97 Å². The van der Waals surface area contributed by atoms with Crippen LogP contribution in [0.5, 0.6) is 0 Å². The number of pyridine rings is 1. The fraction of sp³-hybridized carbons (Fsp3) is 0.400. The van der Waals surface area contributed by atoms with Crippen LogP contribution >= 0.6 is 0 Å². The standard InChI is InChI=1S/C10H11N3O/c1-13-7-4-5-11-10(14)8(7)12-9(13)6-2-3-6/h4-6H,2-3H2,1H3,(H,11,14). The van der Waals surface area contributed by atoms with E-state index in [0.717, 1.165) is 11.3 Å². The Balaban J connectivity index is 2.39. The first kappa shape index (κ1) is 7.79. The number of fused-ring (bicyclic) bond motifs is 1. The van der Waals surface area contributed by atoms with Crippen LogP contribution in [0.2, 0.25) is 0 Å². The lowest BCUT2D eigenvalue weighted by Gasteiger charge is -1.97. The Morgan fingerprint density at radius 3 is 3.00 bits per heavy atom. The molecule has 0 bridgehead atoms. The maximum atomic E-state index is 11.5. The van der Waals surface area contributed by atoms with Gasteiger partial charge in [-0.25, -0.2) is 4.98 Å². The fourth-order valence-electron chi connectivity index (χ4n) is 1.86. The van der Waals surface area contributed by atoms with Gasteiger partial charge in [0.2, 0.25) is 0 Å². The molecule has 14 heavy (non-hydrogen) atoms. The van der Waals surface area contributed by atoms with Crippen LogP contribution < -0.4 is 5.56 Å². The Kier molecular flexibility index (Phi) is 1.37. The Morgan fingerprint density at radius 2 is 2.36 bits per heavy atom. The molecule has 3 rings (SSSR count). The molecule has 0 aromatic carbocycles. The summed E-state index contributed by atoms with van der Waals surface area (Å²) in [6.07, 6.45) is 4.08. The monoisotopic (exact) mass is 189 g/mol. The minimum absolute atomic E-state index is 0.0926. The summed E-state index contributed by atoms with van der Waals surface area (Å²) in [5.41, 5.74) is 1.40. The molecule has 1 saturated carbocycles. The van der Waals surface area contributed by atoms with Gasteiger partial charge < -0.3 is 9.55 Å². The van der Waals surface area contributed by atoms with Gasteiger partial charge in [-0.05, 0) is 18.9 Å². The van der Waals surface area contributed by atoms with E-state index in [9.17, 15) is 4.79 Å². The van der Waals surface area contributed by atoms with Crippen molar-refractivity contribution >= 4 is 11.0 Å². The Bertz CT molecular complexity index is 548. The van der Waals surface area contributed by atoms with Crippen molar-refractivity contribution in [1.82, 2.24) is 14.5 Å². The summed E-state index contributed by atoms with van der Waals surface area (Å²) in [4.78, 5) is 18.5. The zero-order chi connectivity index (χ0) is 9.71. The topological polar surface area (TPSA) is 50.7 Å². The van der Waals surface area contributed by atoms with Crippen molar-refractivity contribution in [3.05, 3.63) is 28.4 Å². The van der Waals surface area contributed by atoms with Crippen LogP contribution in [0.15, 0.2) is 17.1 Å². The number of rotatable bonds is 1. The summed E-state index contributed by atoms with van der Waals surface area (Å²) < 4.78 is 2.03. The Morgan fingerprint density at radius 1 is 1.57 bits per heavy atom. The van der Waals surface area contributed by atoms with Crippen LogP contribution in [0.25, 0.3) is 11.0 Å². The highest BCUT2D eigenvalue weighted by Gasteiger charge is 2.28. The van der Waals surface area contributed by atoms with Crippen molar-refractivity contribution in [2.45, 2.75) is 18.8 Å². The average Bonchev–Trinajstić information content (AvgIpc) is 2.94. The van der Waals surface area contributed by atoms with Gasteiger partial charge in [-0.1, -0.05) is 0 Å². The van der Waals surface area contributed by atoms with Crippen molar-refractivity contribution in [1.29, 1.82) is 0 Å². The maximum absolute atomic E-state index is 11.5. The van der Waals surface area contributed by atoms with E-state index >= 15 is 0 Å². The molecule has 72 valence electrons. The van der Waals surface area contributed by atoms with Crippen LogP contribution in [0.4, 0.5) is 0 Å². The highest BCUT2D eigenvalue weighted by molar-refractivity contribution is 5.74. The number of aryl methyl sites for hydroxylation is 1. The summed E-state index contributed by atoms with van der Waals surface area (Å²) in [6, 6.07) is 1.90. The van der Waals surface area contributed by atoms with Crippen molar-refractivity contribution in [2.24, 2.45) is 7.05 Å². The van der Waals surface area contributed by atoms with E-state index < -0.39 is 0 Å². The van der Waals surface area contributed by atoms with Gasteiger partial charge in [-0.3, -0.25) is 4.79 Å². The molecule has 0 radical (unpaired) electrons. The zero-order valence-corrected chi connectivity index (χ0v) is 7.95. The Hall–Kier alpha value is -1.58. The molecular formula is C10H11N3O.